The van der Waals surface area contributed by atoms with Crippen molar-refractivity contribution in [3.8, 4) is 0 Å². The smallest absolute Gasteiger partial charge is 0.223 e. The molecule has 1 heterocycles. The number of hydrogen-bond acceptors (Lipinski definition) is 2. The maximum atomic E-state index is 13.3. The second kappa shape index (κ2) is 4.79. The van der Waals surface area contributed by atoms with E-state index in [1.807, 2.05) is 0 Å². The van der Waals surface area contributed by atoms with Crippen LogP contribution in [0.5, 0.6) is 0 Å². The second-order valence-electron chi connectivity index (χ2n) is 4.17. The van der Waals surface area contributed by atoms with Crippen molar-refractivity contribution in [3.05, 3.63) is 35.4 Å². The number of aliphatic hydroxyl groups excluding tert-OH is 1. The molecular weight excluding hydrogens is 228 g/mol. The molecule has 0 saturated carbocycles. The van der Waals surface area contributed by atoms with Gasteiger partial charge in [0.2, 0.25) is 5.91 Å². The summed E-state index contributed by atoms with van der Waals surface area (Å²) < 4.78 is 26.2. The maximum Gasteiger partial charge on any atom is 0.223 e. The molecule has 92 valence electrons. The van der Waals surface area contributed by atoms with Crippen LogP contribution in [-0.4, -0.2) is 35.1 Å². The fourth-order valence-electron chi connectivity index (χ4n) is 1.80. The normalized spacial score (nSPS) is 15.8. The van der Waals surface area contributed by atoms with Crippen molar-refractivity contribution in [3.63, 3.8) is 0 Å². The highest BCUT2D eigenvalue weighted by Gasteiger charge is 2.28. The summed E-state index contributed by atoms with van der Waals surface area (Å²) in [5.41, 5.74) is 0.208. The van der Waals surface area contributed by atoms with Crippen molar-refractivity contribution in [1.29, 1.82) is 0 Å². The number of benzene rings is 1. The molecule has 3 nitrogen and oxygen atoms in total. The number of aliphatic hydroxyl groups is 1. The molecule has 0 atom stereocenters. The first-order chi connectivity index (χ1) is 8.08. The van der Waals surface area contributed by atoms with Crippen molar-refractivity contribution >= 4 is 5.91 Å². The minimum atomic E-state index is -0.894. The van der Waals surface area contributed by atoms with Gasteiger partial charge in [-0.1, -0.05) is 12.1 Å². The van der Waals surface area contributed by atoms with Gasteiger partial charge in [-0.2, -0.15) is 0 Å². The van der Waals surface area contributed by atoms with Crippen molar-refractivity contribution in [2.24, 2.45) is 0 Å². The van der Waals surface area contributed by atoms with E-state index < -0.39 is 17.7 Å². The largest absolute Gasteiger partial charge is 0.389 e. The van der Waals surface area contributed by atoms with Gasteiger partial charge in [-0.05, 0) is 18.1 Å². The van der Waals surface area contributed by atoms with Crippen molar-refractivity contribution < 1.29 is 18.7 Å². The Morgan fingerprint density at radius 1 is 1.41 bits per heavy atom. The zero-order valence-electron chi connectivity index (χ0n) is 9.20. The number of aryl methyl sites for hydroxylation is 1. The van der Waals surface area contributed by atoms with E-state index in [0.29, 0.717) is 13.1 Å². The van der Waals surface area contributed by atoms with Crippen LogP contribution in [0.4, 0.5) is 8.78 Å². The van der Waals surface area contributed by atoms with Crippen LogP contribution in [-0.2, 0) is 11.2 Å². The molecule has 2 rings (SSSR count). The van der Waals surface area contributed by atoms with Gasteiger partial charge in [-0.3, -0.25) is 4.79 Å². The Labute approximate surface area is 97.7 Å². The van der Waals surface area contributed by atoms with E-state index in [1.54, 1.807) is 0 Å². The predicted molar refractivity (Wildman–Crippen MR) is 57.3 cm³/mol. The molecule has 0 spiro atoms. The molecule has 1 aromatic carbocycles. The van der Waals surface area contributed by atoms with E-state index in [4.69, 9.17) is 5.11 Å². The number of carbonyl (C=O) groups is 1. The third kappa shape index (κ3) is 2.61. The zero-order chi connectivity index (χ0) is 12.4. The van der Waals surface area contributed by atoms with Crippen LogP contribution in [0.3, 0.4) is 0 Å². The topological polar surface area (TPSA) is 40.5 Å². The SMILES string of the molecule is O=C(CCc1cccc(F)c1F)N1CC(O)C1. The Morgan fingerprint density at radius 3 is 2.76 bits per heavy atom. The van der Waals surface area contributed by atoms with Gasteiger partial charge in [0.25, 0.3) is 0 Å². The van der Waals surface area contributed by atoms with Crippen LogP contribution >= 0.6 is 0 Å². The summed E-state index contributed by atoms with van der Waals surface area (Å²) in [7, 11) is 0. The highest BCUT2D eigenvalue weighted by molar-refractivity contribution is 5.77. The number of β-amino-alcohol motifs (C(OH)–C–C–N with tert-alkyl or cyclic N) is 1. The zero-order valence-corrected chi connectivity index (χ0v) is 9.20. The van der Waals surface area contributed by atoms with E-state index in [2.05, 4.69) is 0 Å². The van der Waals surface area contributed by atoms with E-state index in [0.717, 1.165) is 6.07 Å². The minimum absolute atomic E-state index is 0.132. The van der Waals surface area contributed by atoms with Gasteiger partial charge >= 0.3 is 0 Å². The number of rotatable bonds is 3. The van der Waals surface area contributed by atoms with Crippen molar-refractivity contribution in [2.75, 3.05) is 13.1 Å². The van der Waals surface area contributed by atoms with Crippen molar-refractivity contribution in [1.82, 2.24) is 4.90 Å². The number of likely N-dealkylation sites (tertiary alicyclic amines) is 1. The molecule has 5 heteroatoms. The van der Waals surface area contributed by atoms with Crippen LogP contribution in [0, 0.1) is 11.6 Å². The molecule has 0 aliphatic carbocycles. The lowest BCUT2D eigenvalue weighted by atomic mass is 10.1. The molecule has 1 aliphatic heterocycles. The quantitative estimate of drug-likeness (QED) is 0.861. The first-order valence-electron chi connectivity index (χ1n) is 5.46. The highest BCUT2D eigenvalue weighted by Crippen LogP contribution is 2.15. The van der Waals surface area contributed by atoms with E-state index in [1.165, 1.54) is 17.0 Å². The molecule has 1 aliphatic rings. The summed E-state index contributed by atoms with van der Waals surface area (Å²) in [6.45, 7) is 0.676. The van der Waals surface area contributed by atoms with Gasteiger partial charge in [0.05, 0.1) is 6.10 Å². The lowest BCUT2D eigenvalue weighted by Crippen LogP contribution is -2.53. The Hall–Kier alpha value is -1.49. The lowest BCUT2D eigenvalue weighted by molar-refractivity contribution is -0.141. The molecule has 1 saturated heterocycles. The van der Waals surface area contributed by atoms with Crippen LogP contribution in [0.1, 0.15) is 12.0 Å². The van der Waals surface area contributed by atoms with Gasteiger partial charge in [0.1, 0.15) is 0 Å². The standard InChI is InChI=1S/C12H13F2NO2/c13-10-3-1-2-8(12(10)14)4-5-11(17)15-6-9(16)7-15/h1-3,9,16H,4-7H2. The summed E-state index contributed by atoms with van der Waals surface area (Å²) in [4.78, 5) is 13.0. The molecule has 1 N–H and O–H groups in total. The number of halogens is 2. The molecule has 0 radical (unpaired) electrons. The second-order valence-corrected chi connectivity index (χ2v) is 4.17. The summed E-state index contributed by atoms with van der Waals surface area (Å²) >= 11 is 0. The third-order valence-corrected chi connectivity index (χ3v) is 2.85. The van der Waals surface area contributed by atoms with Gasteiger partial charge in [-0.15, -0.1) is 0 Å². The first-order valence-corrected chi connectivity index (χ1v) is 5.46. The fourth-order valence-corrected chi connectivity index (χ4v) is 1.80. The molecule has 1 amide bonds. The number of hydrogen-bond donors (Lipinski definition) is 1. The van der Waals surface area contributed by atoms with E-state index in [9.17, 15) is 13.6 Å². The Morgan fingerprint density at radius 2 is 2.12 bits per heavy atom. The van der Waals surface area contributed by atoms with Crippen molar-refractivity contribution in [2.45, 2.75) is 18.9 Å². The predicted octanol–water partition coefficient (Wildman–Crippen LogP) is 1.10. The summed E-state index contributed by atoms with van der Waals surface area (Å²) in [5.74, 6) is -1.92. The Kier molecular flexibility index (Phi) is 3.38. The van der Waals surface area contributed by atoms with E-state index in [-0.39, 0.29) is 24.3 Å². The first kappa shape index (κ1) is 12.0. The molecule has 1 fully saturated rings. The number of amides is 1. The van der Waals surface area contributed by atoms with Crippen LogP contribution in [0.15, 0.2) is 18.2 Å². The third-order valence-electron chi connectivity index (χ3n) is 2.85. The average molecular weight is 241 g/mol. The maximum absolute atomic E-state index is 13.3. The number of nitrogens with zero attached hydrogens (tertiary/aromatic N) is 1. The molecule has 1 aromatic rings. The Bertz CT molecular complexity index is 431. The molecule has 0 bridgehead atoms. The molecule has 0 aromatic heterocycles. The van der Waals surface area contributed by atoms with Crippen LogP contribution in [0.2, 0.25) is 0 Å². The minimum Gasteiger partial charge on any atom is -0.389 e. The fraction of sp³-hybridized carbons (Fsp3) is 0.417. The lowest BCUT2D eigenvalue weighted by Gasteiger charge is -2.35. The summed E-state index contributed by atoms with van der Waals surface area (Å²) in [6.07, 6.45) is -0.132. The molecule has 0 unspecified atom stereocenters. The van der Waals surface area contributed by atoms with Gasteiger partial charge in [0, 0.05) is 19.5 Å². The van der Waals surface area contributed by atoms with Gasteiger partial charge in [0.15, 0.2) is 11.6 Å². The summed E-state index contributed by atoms with van der Waals surface area (Å²) in [5, 5.41) is 9.03. The monoisotopic (exact) mass is 241 g/mol. The molecule has 17 heavy (non-hydrogen) atoms. The van der Waals surface area contributed by atoms with Crippen LogP contribution < -0.4 is 0 Å². The summed E-state index contributed by atoms with van der Waals surface area (Å²) in [6, 6.07) is 3.94. The average Bonchev–Trinajstić information content (AvgIpc) is 2.26. The number of carbonyl (C=O) groups excluding carboxylic acids is 1. The molecular formula is C12H13F2NO2. The van der Waals surface area contributed by atoms with Gasteiger partial charge in [-0.25, -0.2) is 8.78 Å². The highest BCUT2D eigenvalue weighted by atomic mass is 19.2. The Balaban J connectivity index is 1.89. The van der Waals surface area contributed by atoms with Crippen LogP contribution in [0.25, 0.3) is 0 Å². The van der Waals surface area contributed by atoms with E-state index >= 15 is 0 Å². The van der Waals surface area contributed by atoms with Gasteiger partial charge < -0.3 is 10.0 Å².